The van der Waals surface area contributed by atoms with E-state index in [2.05, 4.69) is 16.5 Å². The van der Waals surface area contributed by atoms with Crippen molar-refractivity contribution in [1.29, 1.82) is 5.26 Å². The number of amides is 1. The highest BCUT2D eigenvalue weighted by Gasteiger charge is 2.20. The first-order valence-electron chi connectivity index (χ1n) is 8.86. The Balaban J connectivity index is 1.71. The van der Waals surface area contributed by atoms with Gasteiger partial charge in [-0.2, -0.15) is 5.26 Å². The SMILES string of the molecule is Cc1noc(C)c1CCC(=O)Nc1sc2c(c1C#N)CCCCCC2. The van der Waals surface area contributed by atoms with Gasteiger partial charge in [0.1, 0.15) is 16.8 Å². The molecule has 0 fully saturated rings. The Hall–Kier alpha value is -2.13. The zero-order chi connectivity index (χ0) is 17.8. The third kappa shape index (κ3) is 3.93. The van der Waals surface area contributed by atoms with Gasteiger partial charge in [-0.05, 0) is 51.5 Å². The van der Waals surface area contributed by atoms with Crippen LogP contribution in [0.5, 0.6) is 0 Å². The van der Waals surface area contributed by atoms with Gasteiger partial charge in [-0.25, -0.2) is 0 Å². The average molecular weight is 357 g/mol. The van der Waals surface area contributed by atoms with Crippen molar-refractivity contribution in [3.8, 4) is 6.07 Å². The van der Waals surface area contributed by atoms with Crippen molar-refractivity contribution in [3.05, 3.63) is 33.0 Å². The first kappa shape index (κ1) is 17.7. The Labute approximate surface area is 152 Å². The Kier molecular flexibility index (Phi) is 5.54. The second kappa shape index (κ2) is 7.83. The van der Waals surface area contributed by atoms with Crippen molar-refractivity contribution in [1.82, 2.24) is 5.16 Å². The van der Waals surface area contributed by atoms with Crippen LogP contribution in [0.25, 0.3) is 0 Å². The number of fused-ring (bicyclic) bond motifs is 1. The molecule has 0 radical (unpaired) electrons. The zero-order valence-corrected chi connectivity index (χ0v) is 15.6. The van der Waals surface area contributed by atoms with Crippen molar-refractivity contribution in [3.63, 3.8) is 0 Å². The molecule has 2 heterocycles. The fourth-order valence-electron chi connectivity index (χ4n) is 3.41. The van der Waals surface area contributed by atoms with Crippen LogP contribution in [0.1, 0.15) is 65.1 Å². The molecule has 0 spiro atoms. The summed E-state index contributed by atoms with van der Waals surface area (Å²) in [5, 5.41) is 17.2. The summed E-state index contributed by atoms with van der Waals surface area (Å²) in [5.74, 6) is 0.702. The highest BCUT2D eigenvalue weighted by Crippen LogP contribution is 2.36. The molecule has 132 valence electrons. The lowest BCUT2D eigenvalue weighted by Crippen LogP contribution is -2.12. The highest BCUT2D eigenvalue weighted by atomic mass is 32.1. The second-order valence-corrected chi connectivity index (χ2v) is 7.69. The molecule has 1 aliphatic carbocycles. The second-order valence-electron chi connectivity index (χ2n) is 6.58. The number of thiophene rings is 1. The van der Waals surface area contributed by atoms with Crippen LogP contribution < -0.4 is 5.32 Å². The quantitative estimate of drug-likeness (QED) is 0.876. The predicted octanol–water partition coefficient (Wildman–Crippen LogP) is 4.45. The Bertz CT molecular complexity index is 794. The number of carbonyl (C=O) groups excluding carboxylic acids is 1. The molecular weight excluding hydrogens is 334 g/mol. The van der Waals surface area contributed by atoms with Gasteiger partial charge < -0.3 is 9.84 Å². The van der Waals surface area contributed by atoms with Crippen molar-refractivity contribution in [2.45, 2.75) is 65.2 Å². The van der Waals surface area contributed by atoms with E-state index in [0.29, 0.717) is 18.4 Å². The van der Waals surface area contributed by atoms with Crippen LogP contribution in [0.15, 0.2) is 4.52 Å². The van der Waals surface area contributed by atoms with E-state index in [1.165, 1.54) is 17.7 Å². The van der Waals surface area contributed by atoms with Crippen LogP contribution in [-0.2, 0) is 24.1 Å². The van der Waals surface area contributed by atoms with E-state index in [9.17, 15) is 10.1 Å². The molecule has 2 aromatic heterocycles. The molecule has 1 amide bonds. The lowest BCUT2D eigenvalue weighted by molar-refractivity contribution is -0.116. The van der Waals surface area contributed by atoms with Crippen LogP contribution in [0.4, 0.5) is 5.00 Å². The third-order valence-corrected chi connectivity index (χ3v) is 6.03. The lowest BCUT2D eigenvalue weighted by atomic mass is 9.97. The summed E-state index contributed by atoms with van der Waals surface area (Å²) >= 11 is 1.58. The minimum Gasteiger partial charge on any atom is -0.361 e. The molecule has 2 aromatic rings. The van der Waals surface area contributed by atoms with Gasteiger partial charge in [-0.3, -0.25) is 4.79 Å². The molecule has 5 nitrogen and oxygen atoms in total. The van der Waals surface area contributed by atoms with Crippen LogP contribution in [0, 0.1) is 25.2 Å². The minimum absolute atomic E-state index is 0.0641. The molecule has 0 unspecified atom stereocenters. The first-order chi connectivity index (χ1) is 12.1. The van der Waals surface area contributed by atoms with Gasteiger partial charge >= 0.3 is 0 Å². The summed E-state index contributed by atoms with van der Waals surface area (Å²) in [7, 11) is 0. The number of nitriles is 1. The number of nitrogens with zero attached hydrogens (tertiary/aromatic N) is 2. The number of aryl methyl sites for hydroxylation is 3. The largest absolute Gasteiger partial charge is 0.361 e. The summed E-state index contributed by atoms with van der Waals surface area (Å²) in [4.78, 5) is 13.7. The number of carbonyl (C=O) groups is 1. The molecule has 6 heteroatoms. The highest BCUT2D eigenvalue weighted by molar-refractivity contribution is 7.16. The molecule has 25 heavy (non-hydrogen) atoms. The fraction of sp³-hybridized carbons (Fsp3) is 0.526. The van der Waals surface area contributed by atoms with Crippen LogP contribution >= 0.6 is 11.3 Å². The monoisotopic (exact) mass is 357 g/mol. The van der Waals surface area contributed by atoms with E-state index < -0.39 is 0 Å². The lowest BCUT2D eigenvalue weighted by Gasteiger charge is -2.08. The number of anilines is 1. The maximum atomic E-state index is 12.4. The van der Waals surface area contributed by atoms with E-state index in [1.54, 1.807) is 11.3 Å². The smallest absolute Gasteiger partial charge is 0.225 e. The van der Waals surface area contributed by atoms with Crippen molar-refractivity contribution in [2.75, 3.05) is 5.32 Å². The first-order valence-corrected chi connectivity index (χ1v) is 9.68. The van der Waals surface area contributed by atoms with Gasteiger partial charge in [-0.15, -0.1) is 11.3 Å². The van der Waals surface area contributed by atoms with E-state index >= 15 is 0 Å². The van der Waals surface area contributed by atoms with Crippen LogP contribution in [0.3, 0.4) is 0 Å². The van der Waals surface area contributed by atoms with Gasteiger partial charge in [0.25, 0.3) is 0 Å². The summed E-state index contributed by atoms with van der Waals surface area (Å²) < 4.78 is 5.14. The molecule has 0 saturated carbocycles. The molecule has 3 rings (SSSR count). The minimum atomic E-state index is -0.0641. The van der Waals surface area contributed by atoms with Crippen LogP contribution in [0.2, 0.25) is 0 Å². The molecule has 0 aromatic carbocycles. The summed E-state index contributed by atoms with van der Waals surface area (Å²) in [5.41, 5.74) is 3.66. The maximum absolute atomic E-state index is 12.4. The standard InChI is InChI=1S/C19H23N3O2S/c1-12-14(13(2)24-22-12)9-10-18(23)21-19-16(11-20)15-7-5-3-4-6-8-17(15)25-19/h3-10H2,1-2H3,(H,21,23). The topological polar surface area (TPSA) is 78.9 Å². The molecule has 1 aliphatic rings. The predicted molar refractivity (Wildman–Crippen MR) is 97.8 cm³/mol. The van der Waals surface area contributed by atoms with E-state index in [0.717, 1.165) is 53.3 Å². The number of rotatable bonds is 4. The average Bonchev–Trinajstić information content (AvgIpc) is 3.05. The van der Waals surface area contributed by atoms with Gasteiger partial charge in [-0.1, -0.05) is 18.0 Å². The Morgan fingerprint density at radius 3 is 2.72 bits per heavy atom. The van der Waals surface area contributed by atoms with Gasteiger partial charge in [0, 0.05) is 16.9 Å². The third-order valence-electron chi connectivity index (χ3n) is 4.82. The van der Waals surface area contributed by atoms with Gasteiger partial charge in [0.2, 0.25) is 5.91 Å². The number of aromatic nitrogens is 1. The Morgan fingerprint density at radius 2 is 2.04 bits per heavy atom. The normalized spacial score (nSPS) is 14.3. The van der Waals surface area contributed by atoms with Crippen molar-refractivity contribution >= 4 is 22.2 Å². The van der Waals surface area contributed by atoms with E-state index in [1.807, 2.05) is 13.8 Å². The molecule has 1 N–H and O–H groups in total. The summed E-state index contributed by atoms with van der Waals surface area (Å²) in [6.45, 7) is 3.75. The van der Waals surface area contributed by atoms with Gasteiger partial charge in [0.15, 0.2) is 0 Å². The summed E-state index contributed by atoms with van der Waals surface area (Å²) in [6, 6.07) is 2.32. The fourth-order valence-corrected chi connectivity index (χ4v) is 4.67. The number of hydrogen-bond donors (Lipinski definition) is 1. The zero-order valence-electron chi connectivity index (χ0n) is 14.8. The number of hydrogen-bond acceptors (Lipinski definition) is 5. The molecule has 0 bridgehead atoms. The molecule has 0 saturated heterocycles. The molecule has 0 atom stereocenters. The molecule has 0 aliphatic heterocycles. The van der Waals surface area contributed by atoms with Crippen molar-refractivity contribution in [2.24, 2.45) is 0 Å². The van der Waals surface area contributed by atoms with Gasteiger partial charge in [0.05, 0.1) is 11.3 Å². The van der Waals surface area contributed by atoms with Crippen LogP contribution in [-0.4, -0.2) is 11.1 Å². The Morgan fingerprint density at radius 1 is 1.28 bits per heavy atom. The summed E-state index contributed by atoms with van der Waals surface area (Å²) in [6.07, 6.45) is 7.68. The van der Waals surface area contributed by atoms with E-state index in [-0.39, 0.29) is 5.91 Å². The number of nitrogens with one attached hydrogen (secondary N) is 1. The molecular formula is C19H23N3O2S. The van der Waals surface area contributed by atoms with E-state index in [4.69, 9.17) is 4.52 Å². The van der Waals surface area contributed by atoms with Crippen molar-refractivity contribution < 1.29 is 9.32 Å². The maximum Gasteiger partial charge on any atom is 0.225 e.